The number of ether oxygens (including phenoxy) is 1. The summed E-state index contributed by atoms with van der Waals surface area (Å²) in [5.41, 5.74) is 1.43. The van der Waals surface area contributed by atoms with Crippen LogP contribution in [-0.4, -0.2) is 11.6 Å². The highest BCUT2D eigenvalue weighted by Crippen LogP contribution is 2.29. The van der Waals surface area contributed by atoms with Crippen molar-refractivity contribution in [2.45, 2.75) is 84.7 Å². The van der Waals surface area contributed by atoms with E-state index in [2.05, 4.69) is 19.9 Å². The Hall–Kier alpha value is -1.31. The van der Waals surface area contributed by atoms with Gasteiger partial charge < -0.3 is 4.74 Å². The SMILES string of the molecule is CCCCCCC(CC)c1ccccc1C(=O)OC(C)(C)C. The van der Waals surface area contributed by atoms with Crippen LogP contribution in [0.4, 0.5) is 0 Å². The Morgan fingerprint density at radius 1 is 1.09 bits per heavy atom. The molecule has 1 aromatic carbocycles. The monoisotopic (exact) mass is 304 g/mol. The lowest BCUT2D eigenvalue weighted by atomic mass is 9.87. The molecule has 22 heavy (non-hydrogen) atoms. The maximum absolute atomic E-state index is 12.5. The number of hydrogen-bond donors (Lipinski definition) is 0. The summed E-state index contributed by atoms with van der Waals surface area (Å²) in [6, 6.07) is 7.94. The highest BCUT2D eigenvalue weighted by molar-refractivity contribution is 5.91. The summed E-state index contributed by atoms with van der Waals surface area (Å²) in [6.07, 6.45) is 7.27. The minimum Gasteiger partial charge on any atom is -0.456 e. The number of rotatable bonds is 8. The van der Waals surface area contributed by atoms with Gasteiger partial charge in [-0.05, 0) is 51.2 Å². The third kappa shape index (κ3) is 6.21. The molecule has 0 N–H and O–H groups in total. The molecule has 0 saturated heterocycles. The molecule has 0 aliphatic heterocycles. The van der Waals surface area contributed by atoms with Gasteiger partial charge in [0.2, 0.25) is 0 Å². The van der Waals surface area contributed by atoms with E-state index in [0.29, 0.717) is 5.92 Å². The zero-order valence-corrected chi connectivity index (χ0v) is 14.9. The van der Waals surface area contributed by atoms with Crippen LogP contribution in [0.1, 0.15) is 95.0 Å². The second-order valence-electron chi connectivity index (χ2n) is 7.04. The van der Waals surface area contributed by atoms with Crippen molar-refractivity contribution in [2.24, 2.45) is 0 Å². The summed E-state index contributed by atoms with van der Waals surface area (Å²) in [5.74, 6) is 0.246. The van der Waals surface area contributed by atoms with Gasteiger partial charge in [0, 0.05) is 0 Å². The maximum Gasteiger partial charge on any atom is 0.338 e. The fourth-order valence-corrected chi connectivity index (χ4v) is 2.77. The number of hydrogen-bond acceptors (Lipinski definition) is 2. The molecular weight excluding hydrogens is 272 g/mol. The summed E-state index contributed by atoms with van der Waals surface area (Å²) >= 11 is 0. The average molecular weight is 304 g/mol. The van der Waals surface area contributed by atoms with Crippen LogP contribution in [0, 0.1) is 0 Å². The number of unbranched alkanes of at least 4 members (excludes halogenated alkanes) is 3. The van der Waals surface area contributed by atoms with E-state index >= 15 is 0 Å². The van der Waals surface area contributed by atoms with Crippen LogP contribution in [0.5, 0.6) is 0 Å². The summed E-state index contributed by atoms with van der Waals surface area (Å²) in [4.78, 5) is 12.5. The largest absolute Gasteiger partial charge is 0.456 e. The average Bonchev–Trinajstić information content (AvgIpc) is 2.46. The molecule has 1 atom stereocenters. The Balaban J connectivity index is 2.86. The highest BCUT2D eigenvalue weighted by Gasteiger charge is 2.22. The number of esters is 1. The first kappa shape index (κ1) is 18.7. The van der Waals surface area contributed by atoms with Gasteiger partial charge in [-0.25, -0.2) is 4.79 Å². The van der Waals surface area contributed by atoms with Crippen molar-refractivity contribution >= 4 is 5.97 Å². The maximum atomic E-state index is 12.5. The standard InChI is InChI=1S/C20H32O2/c1-6-8-9-10-13-16(7-2)17-14-11-12-15-18(17)19(21)22-20(3,4)5/h11-12,14-16H,6-10,13H2,1-5H3. The van der Waals surface area contributed by atoms with Crippen LogP contribution >= 0.6 is 0 Å². The quantitative estimate of drug-likeness (QED) is 0.428. The first-order valence-electron chi connectivity index (χ1n) is 8.71. The number of carbonyl (C=O) groups excluding carboxylic acids is 1. The van der Waals surface area contributed by atoms with Gasteiger partial charge in [-0.1, -0.05) is 57.7 Å². The second kappa shape index (κ2) is 8.97. The number of benzene rings is 1. The van der Waals surface area contributed by atoms with Crippen molar-refractivity contribution in [1.29, 1.82) is 0 Å². The zero-order valence-electron chi connectivity index (χ0n) is 14.9. The van der Waals surface area contributed by atoms with E-state index in [-0.39, 0.29) is 5.97 Å². The van der Waals surface area contributed by atoms with Gasteiger partial charge in [0.25, 0.3) is 0 Å². The Morgan fingerprint density at radius 3 is 2.36 bits per heavy atom. The molecule has 2 nitrogen and oxygen atoms in total. The van der Waals surface area contributed by atoms with Gasteiger partial charge in [-0.2, -0.15) is 0 Å². The molecule has 0 aliphatic carbocycles. The van der Waals surface area contributed by atoms with Gasteiger partial charge in [-0.3, -0.25) is 0 Å². The Labute approximate surface area is 136 Å². The van der Waals surface area contributed by atoms with Crippen molar-refractivity contribution in [3.63, 3.8) is 0 Å². The van der Waals surface area contributed by atoms with Gasteiger partial charge in [0.1, 0.15) is 5.60 Å². The predicted molar refractivity (Wildman–Crippen MR) is 93.4 cm³/mol. The number of carbonyl (C=O) groups is 1. The molecule has 124 valence electrons. The van der Waals surface area contributed by atoms with E-state index in [4.69, 9.17) is 4.74 Å². The van der Waals surface area contributed by atoms with Gasteiger partial charge in [0.05, 0.1) is 5.56 Å². The van der Waals surface area contributed by atoms with E-state index in [0.717, 1.165) is 24.0 Å². The zero-order chi connectivity index (χ0) is 16.6. The smallest absolute Gasteiger partial charge is 0.338 e. The molecule has 0 bridgehead atoms. The summed E-state index contributed by atoms with van der Waals surface area (Å²) in [7, 11) is 0. The van der Waals surface area contributed by atoms with Crippen LogP contribution in [-0.2, 0) is 4.74 Å². The molecule has 0 amide bonds. The van der Waals surface area contributed by atoms with Crippen molar-refractivity contribution in [2.75, 3.05) is 0 Å². The van der Waals surface area contributed by atoms with Crippen LogP contribution in [0.2, 0.25) is 0 Å². The lowest BCUT2D eigenvalue weighted by Crippen LogP contribution is -2.25. The van der Waals surface area contributed by atoms with E-state index in [1.165, 1.54) is 25.7 Å². The molecule has 1 aromatic rings. The molecule has 2 heteroatoms. The second-order valence-corrected chi connectivity index (χ2v) is 7.04. The van der Waals surface area contributed by atoms with Gasteiger partial charge in [0.15, 0.2) is 0 Å². The molecule has 0 spiro atoms. The molecule has 0 radical (unpaired) electrons. The van der Waals surface area contributed by atoms with Crippen molar-refractivity contribution in [3.8, 4) is 0 Å². The Bertz CT molecular complexity index is 457. The molecule has 0 aromatic heterocycles. The Kier molecular flexibility index (Phi) is 7.64. The molecule has 0 fully saturated rings. The van der Waals surface area contributed by atoms with Crippen molar-refractivity contribution < 1.29 is 9.53 Å². The fourth-order valence-electron chi connectivity index (χ4n) is 2.77. The third-order valence-electron chi connectivity index (χ3n) is 3.92. The van der Waals surface area contributed by atoms with Crippen LogP contribution in [0.15, 0.2) is 24.3 Å². The topological polar surface area (TPSA) is 26.3 Å². The highest BCUT2D eigenvalue weighted by atomic mass is 16.6. The predicted octanol–water partition coefficient (Wildman–Crippen LogP) is 6.11. The van der Waals surface area contributed by atoms with Gasteiger partial charge >= 0.3 is 5.97 Å². The van der Waals surface area contributed by atoms with Crippen LogP contribution in [0.25, 0.3) is 0 Å². The van der Waals surface area contributed by atoms with E-state index < -0.39 is 5.60 Å². The van der Waals surface area contributed by atoms with Crippen LogP contribution < -0.4 is 0 Å². The minimum absolute atomic E-state index is 0.199. The Morgan fingerprint density at radius 2 is 1.77 bits per heavy atom. The molecule has 0 aliphatic rings. The first-order chi connectivity index (χ1) is 10.4. The van der Waals surface area contributed by atoms with E-state index in [1.54, 1.807) is 0 Å². The summed E-state index contributed by atoms with van der Waals surface area (Å²) in [5, 5.41) is 0. The third-order valence-corrected chi connectivity index (χ3v) is 3.92. The molecule has 1 rings (SSSR count). The molecule has 1 unspecified atom stereocenters. The first-order valence-corrected chi connectivity index (χ1v) is 8.71. The van der Waals surface area contributed by atoms with Crippen LogP contribution in [0.3, 0.4) is 0 Å². The van der Waals surface area contributed by atoms with Gasteiger partial charge in [-0.15, -0.1) is 0 Å². The molecule has 0 saturated carbocycles. The molecular formula is C20H32O2. The summed E-state index contributed by atoms with van der Waals surface area (Å²) in [6.45, 7) is 10.2. The summed E-state index contributed by atoms with van der Waals surface area (Å²) < 4.78 is 5.56. The van der Waals surface area contributed by atoms with E-state index in [9.17, 15) is 4.79 Å². The van der Waals surface area contributed by atoms with Crippen molar-refractivity contribution in [1.82, 2.24) is 0 Å². The lowest BCUT2D eigenvalue weighted by molar-refractivity contribution is 0.00677. The van der Waals surface area contributed by atoms with E-state index in [1.807, 2.05) is 39.0 Å². The fraction of sp³-hybridized carbons (Fsp3) is 0.650. The van der Waals surface area contributed by atoms with Crippen molar-refractivity contribution in [3.05, 3.63) is 35.4 Å². The molecule has 0 heterocycles. The lowest BCUT2D eigenvalue weighted by Gasteiger charge is -2.23. The normalized spacial score (nSPS) is 13.0. The minimum atomic E-state index is -0.451.